The van der Waals surface area contributed by atoms with Crippen molar-refractivity contribution in [2.45, 2.75) is 19.7 Å². The Hall–Kier alpha value is -2.95. The summed E-state index contributed by atoms with van der Waals surface area (Å²) >= 11 is 0. The van der Waals surface area contributed by atoms with Gasteiger partial charge in [0.2, 0.25) is 0 Å². The molecular formula is C21H17F3O2. The Morgan fingerprint density at radius 2 is 1.65 bits per heavy atom. The van der Waals surface area contributed by atoms with Crippen molar-refractivity contribution in [1.82, 2.24) is 0 Å². The number of phenols is 1. The number of aryl methyl sites for hydroxylation is 1. The highest BCUT2D eigenvalue weighted by atomic mass is 19.4. The Kier molecular flexibility index (Phi) is 4.89. The fourth-order valence-corrected chi connectivity index (χ4v) is 2.68. The molecule has 0 radical (unpaired) electrons. The number of phenolic OH excluding ortho intramolecular Hbond substituents is 1. The summed E-state index contributed by atoms with van der Waals surface area (Å²) in [5.41, 5.74) is 1.30. The largest absolute Gasteiger partial charge is 0.508 e. The molecule has 0 fully saturated rings. The molecular weight excluding hydrogens is 341 g/mol. The van der Waals surface area contributed by atoms with Crippen molar-refractivity contribution < 1.29 is 23.0 Å². The van der Waals surface area contributed by atoms with E-state index < -0.39 is 17.5 Å². The van der Waals surface area contributed by atoms with Gasteiger partial charge in [0.05, 0.1) is 5.56 Å². The van der Waals surface area contributed by atoms with Crippen molar-refractivity contribution in [2.75, 3.05) is 0 Å². The fourth-order valence-electron chi connectivity index (χ4n) is 2.68. The van der Waals surface area contributed by atoms with E-state index in [2.05, 4.69) is 0 Å². The van der Waals surface area contributed by atoms with Crippen LogP contribution in [0, 0.1) is 6.92 Å². The lowest BCUT2D eigenvalue weighted by Crippen LogP contribution is -2.07. The summed E-state index contributed by atoms with van der Waals surface area (Å²) in [6, 6.07) is 17.7. The zero-order valence-corrected chi connectivity index (χ0v) is 14.0. The monoisotopic (exact) mass is 358 g/mol. The SMILES string of the molecule is Cc1ccc(-c2ccc(O)cc2C(F)(F)F)cc1OCc1ccccc1. The van der Waals surface area contributed by atoms with E-state index in [1.807, 2.05) is 37.3 Å². The van der Waals surface area contributed by atoms with Gasteiger partial charge in [0.25, 0.3) is 0 Å². The molecule has 0 bridgehead atoms. The van der Waals surface area contributed by atoms with Crippen molar-refractivity contribution in [3.63, 3.8) is 0 Å². The van der Waals surface area contributed by atoms with Gasteiger partial charge in [-0.2, -0.15) is 13.2 Å². The summed E-state index contributed by atoms with van der Waals surface area (Å²) in [6.45, 7) is 2.17. The summed E-state index contributed by atoms with van der Waals surface area (Å²) in [6.07, 6.45) is -4.57. The molecule has 0 aliphatic carbocycles. The van der Waals surface area contributed by atoms with E-state index in [-0.39, 0.29) is 5.56 Å². The minimum atomic E-state index is -4.57. The number of ether oxygens (including phenoxy) is 1. The molecule has 0 saturated carbocycles. The van der Waals surface area contributed by atoms with E-state index in [0.717, 1.165) is 17.2 Å². The van der Waals surface area contributed by atoms with Crippen LogP contribution in [-0.4, -0.2) is 5.11 Å². The van der Waals surface area contributed by atoms with Crippen LogP contribution in [0.3, 0.4) is 0 Å². The van der Waals surface area contributed by atoms with Crippen LogP contribution in [0.5, 0.6) is 11.5 Å². The Balaban J connectivity index is 1.95. The normalized spacial score (nSPS) is 11.4. The molecule has 0 aliphatic heterocycles. The molecule has 3 rings (SSSR count). The number of benzene rings is 3. The van der Waals surface area contributed by atoms with Crippen molar-refractivity contribution in [3.8, 4) is 22.6 Å². The van der Waals surface area contributed by atoms with Crippen LogP contribution in [0.15, 0.2) is 66.7 Å². The van der Waals surface area contributed by atoms with E-state index in [1.54, 1.807) is 18.2 Å². The first-order chi connectivity index (χ1) is 12.3. The summed E-state index contributed by atoms with van der Waals surface area (Å²) in [7, 11) is 0. The molecule has 0 unspecified atom stereocenters. The molecule has 2 nitrogen and oxygen atoms in total. The standard InChI is InChI=1S/C21H17F3O2/c1-14-7-8-16(11-20(14)26-13-15-5-3-2-4-6-15)18-10-9-17(25)12-19(18)21(22,23)24/h2-12,25H,13H2,1H3. The maximum atomic E-state index is 13.3. The molecule has 3 aromatic carbocycles. The van der Waals surface area contributed by atoms with Gasteiger partial charge in [0.15, 0.2) is 0 Å². The van der Waals surface area contributed by atoms with Crippen LogP contribution in [0.25, 0.3) is 11.1 Å². The predicted octanol–water partition coefficient (Wildman–Crippen LogP) is 5.97. The lowest BCUT2D eigenvalue weighted by Gasteiger charge is -2.15. The Labute approximate surface area is 149 Å². The third-order valence-electron chi connectivity index (χ3n) is 4.04. The summed E-state index contributed by atoms with van der Waals surface area (Å²) in [5.74, 6) is 0.0984. The lowest BCUT2D eigenvalue weighted by molar-refractivity contribution is -0.137. The van der Waals surface area contributed by atoms with Crippen LogP contribution in [0.4, 0.5) is 13.2 Å². The Morgan fingerprint density at radius 1 is 0.923 bits per heavy atom. The molecule has 134 valence electrons. The molecule has 0 aromatic heterocycles. The van der Waals surface area contributed by atoms with Gasteiger partial charge in [0.1, 0.15) is 18.1 Å². The first-order valence-corrected chi connectivity index (χ1v) is 8.02. The highest BCUT2D eigenvalue weighted by Crippen LogP contribution is 2.40. The van der Waals surface area contributed by atoms with E-state index in [1.165, 1.54) is 12.1 Å². The maximum Gasteiger partial charge on any atom is 0.417 e. The van der Waals surface area contributed by atoms with Gasteiger partial charge in [-0.3, -0.25) is 0 Å². The van der Waals surface area contributed by atoms with E-state index in [9.17, 15) is 18.3 Å². The summed E-state index contributed by atoms with van der Waals surface area (Å²) in [5, 5.41) is 9.43. The molecule has 0 atom stereocenters. The summed E-state index contributed by atoms with van der Waals surface area (Å²) < 4.78 is 45.8. The molecule has 0 heterocycles. The van der Waals surface area contributed by atoms with E-state index in [0.29, 0.717) is 17.9 Å². The minimum Gasteiger partial charge on any atom is -0.508 e. The van der Waals surface area contributed by atoms with E-state index >= 15 is 0 Å². The van der Waals surface area contributed by atoms with Gasteiger partial charge >= 0.3 is 6.18 Å². The molecule has 0 aliphatic rings. The predicted molar refractivity (Wildman–Crippen MR) is 94.1 cm³/mol. The van der Waals surface area contributed by atoms with Crippen LogP contribution in [-0.2, 0) is 12.8 Å². The maximum absolute atomic E-state index is 13.3. The van der Waals surface area contributed by atoms with Crippen LogP contribution < -0.4 is 4.74 Å². The van der Waals surface area contributed by atoms with Gasteiger partial charge in [-0.15, -0.1) is 0 Å². The number of aromatic hydroxyl groups is 1. The smallest absolute Gasteiger partial charge is 0.417 e. The topological polar surface area (TPSA) is 29.5 Å². The second-order valence-electron chi connectivity index (χ2n) is 5.98. The first-order valence-electron chi connectivity index (χ1n) is 8.02. The number of halogens is 3. The Bertz CT molecular complexity index is 903. The molecule has 1 N–H and O–H groups in total. The second-order valence-corrected chi connectivity index (χ2v) is 5.98. The molecule has 26 heavy (non-hydrogen) atoms. The molecule has 0 amide bonds. The highest BCUT2D eigenvalue weighted by molar-refractivity contribution is 5.71. The molecule has 3 aromatic rings. The van der Waals surface area contributed by atoms with Gasteiger partial charge in [-0.1, -0.05) is 48.5 Å². The van der Waals surface area contributed by atoms with Crippen molar-refractivity contribution in [3.05, 3.63) is 83.4 Å². The van der Waals surface area contributed by atoms with Crippen LogP contribution in [0.2, 0.25) is 0 Å². The third kappa shape index (κ3) is 3.99. The quantitative estimate of drug-likeness (QED) is 0.623. The number of hydrogen-bond donors (Lipinski definition) is 1. The van der Waals surface area contributed by atoms with Crippen molar-refractivity contribution in [1.29, 1.82) is 0 Å². The average Bonchev–Trinajstić information content (AvgIpc) is 2.61. The number of hydrogen-bond acceptors (Lipinski definition) is 2. The minimum absolute atomic E-state index is 0.000129. The molecule has 0 spiro atoms. The summed E-state index contributed by atoms with van der Waals surface area (Å²) in [4.78, 5) is 0. The molecule has 5 heteroatoms. The first kappa shape index (κ1) is 17.9. The van der Waals surface area contributed by atoms with Crippen LogP contribution >= 0.6 is 0 Å². The molecule has 0 saturated heterocycles. The highest BCUT2D eigenvalue weighted by Gasteiger charge is 2.34. The van der Waals surface area contributed by atoms with Gasteiger partial charge in [0, 0.05) is 0 Å². The second kappa shape index (κ2) is 7.12. The van der Waals surface area contributed by atoms with Gasteiger partial charge in [-0.25, -0.2) is 0 Å². The Morgan fingerprint density at radius 3 is 2.35 bits per heavy atom. The fraction of sp³-hybridized carbons (Fsp3) is 0.143. The van der Waals surface area contributed by atoms with Gasteiger partial charge < -0.3 is 9.84 Å². The average molecular weight is 358 g/mol. The zero-order chi connectivity index (χ0) is 18.7. The third-order valence-corrected chi connectivity index (χ3v) is 4.04. The van der Waals surface area contributed by atoms with E-state index in [4.69, 9.17) is 4.74 Å². The van der Waals surface area contributed by atoms with Gasteiger partial charge in [-0.05, 0) is 47.4 Å². The van der Waals surface area contributed by atoms with Crippen molar-refractivity contribution in [2.24, 2.45) is 0 Å². The number of rotatable bonds is 4. The zero-order valence-electron chi connectivity index (χ0n) is 14.0. The number of alkyl halides is 3. The lowest BCUT2D eigenvalue weighted by atomic mass is 9.97. The van der Waals surface area contributed by atoms with Crippen LogP contribution in [0.1, 0.15) is 16.7 Å². The van der Waals surface area contributed by atoms with Crippen molar-refractivity contribution >= 4 is 0 Å².